The summed E-state index contributed by atoms with van der Waals surface area (Å²) < 4.78 is 34.1. The standard InChI is InChI=1S/C18H38O4S.Na/c1-3-5-6-7-8-9-10-11-15-18(23(20,21)22)16-12-14-17(19)13-4-2;/h17-19H,3-16H2,1-2H3,(H,20,21,22);/q;+1/p-1. The van der Waals surface area contributed by atoms with Crippen molar-refractivity contribution in [2.24, 2.45) is 0 Å². The molecule has 0 heterocycles. The molecule has 140 valence electrons. The molecule has 1 N–H and O–H groups in total. The molecule has 0 radical (unpaired) electrons. The van der Waals surface area contributed by atoms with Crippen molar-refractivity contribution in [1.29, 1.82) is 0 Å². The number of unbranched alkanes of at least 4 members (excludes halogenated alkanes) is 7. The summed E-state index contributed by atoms with van der Waals surface area (Å²) in [5.41, 5.74) is 0. The Morgan fingerprint density at radius 3 is 1.75 bits per heavy atom. The Balaban J connectivity index is 0. The first kappa shape index (κ1) is 27.1. The van der Waals surface area contributed by atoms with Crippen LogP contribution in [0.25, 0.3) is 0 Å². The van der Waals surface area contributed by atoms with Crippen molar-refractivity contribution < 1.29 is 47.6 Å². The first-order valence-corrected chi connectivity index (χ1v) is 11.0. The van der Waals surface area contributed by atoms with E-state index in [1.807, 2.05) is 6.92 Å². The van der Waals surface area contributed by atoms with Crippen molar-refractivity contribution in [3.63, 3.8) is 0 Å². The molecule has 2 atom stereocenters. The third-order valence-electron chi connectivity index (χ3n) is 4.47. The number of aliphatic hydroxyl groups excluding tert-OH is 1. The summed E-state index contributed by atoms with van der Waals surface area (Å²) in [5, 5.41) is 8.90. The van der Waals surface area contributed by atoms with E-state index in [9.17, 15) is 18.1 Å². The number of hydrogen-bond donors (Lipinski definition) is 1. The van der Waals surface area contributed by atoms with Crippen molar-refractivity contribution >= 4 is 10.1 Å². The van der Waals surface area contributed by atoms with Crippen molar-refractivity contribution in [2.75, 3.05) is 0 Å². The minimum atomic E-state index is -4.21. The first-order valence-electron chi connectivity index (χ1n) is 9.54. The summed E-state index contributed by atoms with van der Waals surface area (Å²) in [4.78, 5) is 0. The zero-order valence-corrected chi connectivity index (χ0v) is 19.0. The van der Waals surface area contributed by atoms with Crippen molar-refractivity contribution in [2.45, 2.75) is 115 Å². The van der Waals surface area contributed by atoms with Gasteiger partial charge < -0.3 is 9.66 Å². The van der Waals surface area contributed by atoms with Gasteiger partial charge in [0, 0.05) is 5.25 Å². The Morgan fingerprint density at radius 2 is 1.25 bits per heavy atom. The summed E-state index contributed by atoms with van der Waals surface area (Å²) in [6.45, 7) is 4.21. The quantitative estimate of drug-likeness (QED) is 0.254. The zero-order valence-electron chi connectivity index (χ0n) is 16.1. The van der Waals surface area contributed by atoms with Crippen LogP contribution < -0.4 is 29.6 Å². The Morgan fingerprint density at radius 1 is 0.750 bits per heavy atom. The van der Waals surface area contributed by atoms with E-state index in [0.717, 1.165) is 32.1 Å². The molecule has 0 aliphatic carbocycles. The van der Waals surface area contributed by atoms with E-state index in [1.54, 1.807) is 0 Å². The molecule has 6 heteroatoms. The summed E-state index contributed by atoms with van der Waals surface area (Å²) in [7, 11) is -4.21. The van der Waals surface area contributed by atoms with Gasteiger partial charge in [0.05, 0.1) is 16.2 Å². The van der Waals surface area contributed by atoms with Gasteiger partial charge in [-0.2, -0.15) is 0 Å². The van der Waals surface area contributed by atoms with Crippen LogP contribution >= 0.6 is 0 Å². The van der Waals surface area contributed by atoms with Crippen LogP contribution in [-0.2, 0) is 10.1 Å². The van der Waals surface area contributed by atoms with Gasteiger partial charge in [-0.3, -0.25) is 0 Å². The molecule has 24 heavy (non-hydrogen) atoms. The second-order valence-corrected chi connectivity index (χ2v) is 8.40. The average molecular weight is 373 g/mol. The van der Waals surface area contributed by atoms with Crippen LogP contribution in [0.3, 0.4) is 0 Å². The Hall–Kier alpha value is 0.870. The van der Waals surface area contributed by atoms with Crippen LogP contribution in [0.5, 0.6) is 0 Å². The topological polar surface area (TPSA) is 77.4 Å². The van der Waals surface area contributed by atoms with Crippen LogP contribution in [0.15, 0.2) is 0 Å². The van der Waals surface area contributed by atoms with Gasteiger partial charge in [0.15, 0.2) is 0 Å². The summed E-state index contributed by atoms with van der Waals surface area (Å²) in [5.74, 6) is 0. The van der Waals surface area contributed by atoms with Gasteiger partial charge in [0.2, 0.25) is 0 Å². The number of hydrogen-bond acceptors (Lipinski definition) is 4. The molecule has 0 saturated heterocycles. The summed E-state index contributed by atoms with van der Waals surface area (Å²) in [6.07, 6.45) is 12.6. The molecule has 0 aromatic heterocycles. The van der Waals surface area contributed by atoms with Gasteiger partial charge in [-0.05, 0) is 32.1 Å². The van der Waals surface area contributed by atoms with Crippen molar-refractivity contribution in [3.05, 3.63) is 0 Å². The third kappa shape index (κ3) is 16.3. The SMILES string of the molecule is CCCCCCCCCCC(CCCC(O)CCC)S(=O)(=O)[O-].[Na+]. The van der Waals surface area contributed by atoms with Crippen LogP contribution in [0.2, 0.25) is 0 Å². The maximum Gasteiger partial charge on any atom is 1.00 e. The number of aliphatic hydroxyl groups is 1. The molecule has 0 bridgehead atoms. The van der Waals surface area contributed by atoms with Gasteiger partial charge in [0.1, 0.15) is 0 Å². The molecule has 0 saturated carbocycles. The molecule has 0 fully saturated rings. The van der Waals surface area contributed by atoms with E-state index in [1.165, 1.54) is 32.1 Å². The average Bonchev–Trinajstić information content (AvgIpc) is 2.47. The number of rotatable bonds is 16. The molecule has 0 aromatic rings. The third-order valence-corrected chi connectivity index (χ3v) is 5.76. The van der Waals surface area contributed by atoms with Crippen LogP contribution in [0, 0.1) is 0 Å². The predicted molar refractivity (Wildman–Crippen MR) is 95.5 cm³/mol. The van der Waals surface area contributed by atoms with E-state index in [-0.39, 0.29) is 35.7 Å². The second-order valence-electron chi connectivity index (χ2n) is 6.75. The minimum Gasteiger partial charge on any atom is -0.748 e. The van der Waals surface area contributed by atoms with Crippen molar-refractivity contribution in [1.82, 2.24) is 0 Å². The van der Waals surface area contributed by atoms with E-state index in [2.05, 4.69) is 6.92 Å². The van der Waals surface area contributed by atoms with Gasteiger partial charge in [0.25, 0.3) is 0 Å². The monoisotopic (exact) mass is 372 g/mol. The molecule has 0 aliphatic heterocycles. The van der Waals surface area contributed by atoms with E-state index < -0.39 is 15.4 Å². The summed E-state index contributed by atoms with van der Waals surface area (Å²) >= 11 is 0. The minimum absolute atomic E-state index is 0. The van der Waals surface area contributed by atoms with Gasteiger partial charge in [-0.15, -0.1) is 0 Å². The summed E-state index contributed by atoms with van der Waals surface area (Å²) in [6, 6.07) is 0. The fourth-order valence-electron chi connectivity index (χ4n) is 3.00. The fourth-order valence-corrected chi connectivity index (χ4v) is 3.91. The fraction of sp³-hybridized carbons (Fsp3) is 1.00. The van der Waals surface area contributed by atoms with E-state index in [0.29, 0.717) is 25.7 Å². The molecule has 0 spiro atoms. The maximum absolute atomic E-state index is 11.4. The van der Waals surface area contributed by atoms with E-state index >= 15 is 0 Å². The predicted octanol–water partition coefficient (Wildman–Crippen LogP) is 1.77. The molecular formula is C18H37NaO4S. The Labute approximate surface area is 172 Å². The Bertz CT molecular complexity index is 360. The van der Waals surface area contributed by atoms with Crippen LogP contribution in [0.4, 0.5) is 0 Å². The van der Waals surface area contributed by atoms with Crippen molar-refractivity contribution in [3.8, 4) is 0 Å². The molecular weight excluding hydrogens is 335 g/mol. The molecule has 2 unspecified atom stereocenters. The van der Waals surface area contributed by atoms with Crippen LogP contribution in [0.1, 0.15) is 104 Å². The molecule has 0 rings (SSSR count). The zero-order chi connectivity index (χ0) is 17.6. The Kier molecular flexibility index (Phi) is 19.5. The maximum atomic E-state index is 11.4. The smallest absolute Gasteiger partial charge is 0.748 e. The van der Waals surface area contributed by atoms with Gasteiger partial charge in [-0.1, -0.05) is 71.6 Å². The molecule has 0 aromatic carbocycles. The van der Waals surface area contributed by atoms with E-state index in [4.69, 9.17) is 0 Å². The van der Waals surface area contributed by atoms with Gasteiger partial charge >= 0.3 is 29.6 Å². The normalized spacial score (nSPS) is 14.2. The molecule has 0 amide bonds. The largest absolute Gasteiger partial charge is 1.00 e. The second kappa shape index (κ2) is 17.3. The molecule has 0 aliphatic rings. The van der Waals surface area contributed by atoms with Crippen LogP contribution in [-0.4, -0.2) is 29.4 Å². The first-order chi connectivity index (χ1) is 10.9. The van der Waals surface area contributed by atoms with Gasteiger partial charge in [-0.25, -0.2) is 8.42 Å². The molecule has 4 nitrogen and oxygen atoms in total.